The fraction of sp³-hybridized carbons (Fsp3) is 0.0833. The first-order valence-electron chi connectivity index (χ1n) is 4.91. The van der Waals surface area contributed by atoms with Gasteiger partial charge < -0.3 is 5.73 Å². The van der Waals surface area contributed by atoms with Crippen molar-refractivity contribution in [3.05, 3.63) is 62.5 Å². The molecule has 0 saturated carbocycles. The molecule has 2 N–H and O–H groups in total. The summed E-state index contributed by atoms with van der Waals surface area (Å²) in [7, 11) is 0. The van der Waals surface area contributed by atoms with E-state index < -0.39 is 6.04 Å². The summed E-state index contributed by atoms with van der Waals surface area (Å²) < 4.78 is 15.1. The smallest absolute Gasteiger partial charge is 0.142 e. The average Bonchev–Trinajstić information content (AvgIpc) is 2.32. The summed E-state index contributed by atoms with van der Waals surface area (Å²) in [6, 6.07) is 8.07. The second-order valence-electron chi connectivity index (χ2n) is 3.49. The maximum Gasteiger partial charge on any atom is 0.142 e. The molecule has 2 nitrogen and oxygen atoms in total. The molecule has 1 aromatic carbocycles. The van der Waals surface area contributed by atoms with Crippen molar-refractivity contribution in [2.24, 2.45) is 5.73 Å². The minimum Gasteiger partial charge on any atom is -0.319 e. The SMILES string of the molecule is NC(c1cccc(Br)c1F)c1ncccc1Br. The van der Waals surface area contributed by atoms with Crippen LogP contribution in [0.3, 0.4) is 0 Å². The van der Waals surface area contributed by atoms with Gasteiger partial charge in [0.15, 0.2) is 0 Å². The summed E-state index contributed by atoms with van der Waals surface area (Å²) in [5.74, 6) is -0.349. The number of hydrogen-bond donors (Lipinski definition) is 1. The monoisotopic (exact) mass is 358 g/mol. The van der Waals surface area contributed by atoms with Crippen LogP contribution in [0.15, 0.2) is 45.5 Å². The zero-order valence-corrected chi connectivity index (χ0v) is 11.9. The number of halogens is 3. The topological polar surface area (TPSA) is 38.9 Å². The van der Waals surface area contributed by atoms with Crippen molar-refractivity contribution >= 4 is 31.9 Å². The van der Waals surface area contributed by atoms with Gasteiger partial charge in [-0.3, -0.25) is 4.98 Å². The van der Waals surface area contributed by atoms with Gasteiger partial charge in [0, 0.05) is 16.2 Å². The molecule has 0 saturated heterocycles. The predicted octanol–water partition coefficient (Wildman–Crippen LogP) is 3.79. The Morgan fingerprint density at radius 1 is 1.12 bits per heavy atom. The molecule has 0 aliphatic rings. The van der Waals surface area contributed by atoms with E-state index in [0.29, 0.717) is 15.7 Å². The minimum absolute atomic E-state index is 0.349. The van der Waals surface area contributed by atoms with E-state index in [9.17, 15) is 4.39 Å². The lowest BCUT2D eigenvalue weighted by molar-refractivity contribution is 0.590. The molecule has 88 valence electrons. The molecule has 17 heavy (non-hydrogen) atoms. The van der Waals surface area contributed by atoms with Crippen molar-refractivity contribution in [3.8, 4) is 0 Å². The molecule has 0 fully saturated rings. The third-order valence-corrected chi connectivity index (χ3v) is 3.68. The number of nitrogens with two attached hydrogens (primary N) is 1. The molecule has 1 atom stereocenters. The van der Waals surface area contributed by atoms with Crippen LogP contribution in [-0.4, -0.2) is 4.98 Å². The maximum atomic E-state index is 13.9. The van der Waals surface area contributed by atoms with E-state index in [4.69, 9.17) is 5.73 Å². The number of benzene rings is 1. The van der Waals surface area contributed by atoms with Crippen LogP contribution in [0.2, 0.25) is 0 Å². The highest BCUT2D eigenvalue weighted by molar-refractivity contribution is 9.10. The van der Waals surface area contributed by atoms with Crippen LogP contribution in [0.4, 0.5) is 4.39 Å². The normalized spacial score (nSPS) is 12.5. The summed E-state index contributed by atoms with van der Waals surface area (Å²) in [6.07, 6.45) is 1.63. The Bertz CT molecular complexity index is 546. The van der Waals surface area contributed by atoms with Gasteiger partial charge in [-0.15, -0.1) is 0 Å². The van der Waals surface area contributed by atoms with Crippen molar-refractivity contribution in [1.29, 1.82) is 0 Å². The van der Waals surface area contributed by atoms with E-state index >= 15 is 0 Å². The highest BCUT2D eigenvalue weighted by Gasteiger charge is 2.18. The van der Waals surface area contributed by atoms with Crippen molar-refractivity contribution in [2.75, 3.05) is 0 Å². The molecule has 2 aromatic rings. The molecule has 1 unspecified atom stereocenters. The molecule has 0 radical (unpaired) electrons. The first-order valence-corrected chi connectivity index (χ1v) is 6.49. The second kappa shape index (κ2) is 5.25. The fourth-order valence-corrected chi connectivity index (χ4v) is 2.42. The molecule has 0 spiro atoms. The van der Waals surface area contributed by atoms with Gasteiger partial charge in [0.2, 0.25) is 0 Å². The Morgan fingerprint density at radius 3 is 2.53 bits per heavy atom. The number of aromatic nitrogens is 1. The molecule has 0 bridgehead atoms. The minimum atomic E-state index is -0.594. The van der Waals surface area contributed by atoms with E-state index in [-0.39, 0.29) is 5.82 Å². The first-order chi connectivity index (χ1) is 8.11. The van der Waals surface area contributed by atoms with Crippen LogP contribution in [0.1, 0.15) is 17.3 Å². The van der Waals surface area contributed by atoms with Gasteiger partial charge in [-0.05, 0) is 50.1 Å². The molecular weight excluding hydrogens is 351 g/mol. The number of rotatable bonds is 2. The van der Waals surface area contributed by atoms with Crippen molar-refractivity contribution in [2.45, 2.75) is 6.04 Å². The Morgan fingerprint density at radius 2 is 1.82 bits per heavy atom. The Kier molecular flexibility index (Phi) is 3.91. The van der Waals surface area contributed by atoms with Crippen LogP contribution in [0, 0.1) is 5.82 Å². The molecule has 2 rings (SSSR count). The Balaban J connectivity index is 2.48. The van der Waals surface area contributed by atoms with Gasteiger partial charge in [0.25, 0.3) is 0 Å². The molecule has 0 aliphatic carbocycles. The summed E-state index contributed by atoms with van der Waals surface area (Å²) in [6.45, 7) is 0. The maximum absolute atomic E-state index is 13.9. The van der Waals surface area contributed by atoms with Crippen molar-refractivity contribution in [1.82, 2.24) is 4.98 Å². The van der Waals surface area contributed by atoms with Crippen LogP contribution in [0.5, 0.6) is 0 Å². The van der Waals surface area contributed by atoms with Gasteiger partial charge in [-0.25, -0.2) is 4.39 Å². The Labute approximate surface area is 115 Å². The highest BCUT2D eigenvalue weighted by Crippen LogP contribution is 2.29. The van der Waals surface area contributed by atoms with Crippen LogP contribution in [-0.2, 0) is 0 Å². The summed E-state index contributed by atoms with van der Waals surface area (Å²) in [4.78, 5) is 4.17. The molecule has 0 amide bonds. The lowest BCUT2D eigenvalue weighted by Gasteiger charge is -2.14. The van der Waals surface area contributed by atoms with E-state index in [0.717, 1.165) is 4.47 Å². The van der Waals surface area contributed by atoms with Gasteiger partial charge in [-0.1, -0.05) is 12.1 Å². The van der Waals surface area contributed by atoms with Crippen LogP contribution >= 0.6 is 31.9 Å². The van der Waals surface area contributed by atoms with E-state index in [1.165, 1.54) is 0 Å². The standard InChI is InChI=1S/C12H9Br2FN2/c13-8-4-1-3-7(10(8)15)11(16)12-9(14)5-2-6-17-12/h1-6,11H,16H2. The average molecular weight is 360 g/mol. The van der Waals surface area contributed by atoms with E-state index in [1.54, 1.807) is 30.5 Å². The van der Waals surface area contributed by atoms with Gasteiger partial charge in [-0.2, -0.15) is 0 Å². The van der Waals surface area contributed by atoms with E-state index in [2.05, 4.69) is 36.8 Å². The zero-order chi connectivity index (χ0) is 12.4. The number of nitrogens with zero attached hydrogens (tertiary/aromatic N) is 1. The molecule has 5 heteroatoms. The van der Waals surface area contributed by atoms with Crippen molar-refractivity contribution < 1.29 is 4.39 Å². The lowest BCUT2D eigenvalue weighted by atomic mass is 10.0. The van der Waals surface area contributed by atoms with Crippen LogP contribution in [0.25, 0.3) is 0 Å². The first kappa shape index (κ1) is 12.7. The molecule has 0 aliphatic heterocycles. The van der Waals surface area contributed by atoms with Crippen molar-refractivity contribution in [3.63, 3.8) is 0 Å². The van der Waals surface area contributed by atoms with Crippen LogP contribution < -0.4 is 5.73 Å². The third kappa shape index (κ3) is 2.56. The van der Waals surface area contributed by atoms with Gasteiger partial charge >= 0.3 is 0 Å². The number of hydrogen-bond acceptors (Lipinski definition) is 2. The fourth-order valence-electron chi connectivity index (χ4n) is 1.53. The highest BCUT2D eigenvalue weighted by atomic mass is 79.9. The third-order valence-electron chi connectivity index (χ3n) is 2.40. The summed E-state index contributed by atoms with van der Waals surface area (Å²) in [5.41, 5.74) is 7.06. The summed E-state index contributed by atoms with van der Waals surface area (Å²) in [5, 5.41) is 0. The summed E-state index contributed by atoms with van der Waals surface area (Å²) >= 11 is 6.50. The second-order valence-corrected chi connectivity index (χ2v) is 5.20. The van der Waals surface area contributed by atoms with Gasteiger partial charge in [0.05, 0.1) is 16.2 Å². The molecule has 1 aromatic heterocycles. The lowest BCUT2D eigenvalue weighted by Crippen LogP contribution is -2.15. The number of pyridine rings is 1. The molecule has 1 heterocycles. The van der Waals surface area contributed by atoms with Gasteiger partial charge in [0.1, 0.15) is 5.82 Å². The quantitative estimate of drug-likeness (QED) is 0.885. The predicted molar refractivity (Wildman–Crippen MR) is 72.1 cm³/mol. The largest absolute Gasteiger partial charge is 0.319 e. The zero-order valence-electron chi connectivity index (χ0n) is 8.70. The van der Waals surface area contributed by atoms with E-state index in [1.807, 2.05) is 6.07 Å². The molecular formula is C12H9Br2FN2. The Hall–Kier alpha value is -0.780.